The van der Waals surface area contributed by atoms with E-state index < -0.39 is 35.9 Å². The number of benzene rings is 1. The zero-order valence-electron chi connectivity index (χ0n) is 18.1. The molecule has 0 aliphatic rings. The molecule has 0 saturated heterocycles. The molecule has 1 amide bonds. The number of amides is 1. The molecular weight excluding hydrogens is 424 g/mol. The molecule has 0 aliphatic heterocycles. The highest BCUT2D eigenvalue weighted by Crippen LogP contribution is 2.27. The predicted molar refractivity (Wildman–Crippen MR) is 116 cm³/mol. The Bertz CT molecular complexity index is 921. The minimum absolute atomic E-state index is 0.0320. The Labute approximate surface area is 186 Å². The van der Waals surface area contributed by atoms with Crippen LogP contribution in [0.25, 0.3) is 0 Å². The number of carbonyl (C=O) groups excluding carboxylic acids is 2. The lowest BCUT2D eigenvalue weighted by Gasteiger charge is -2.29. The first-order valence-electron chi connectivity index (χ1n) is 9.79. The van der Waals surface area contributed by atoms with Crippen LogP contribution in [0.15, 0.2) is 36.5 Å². The van der Waals surface area contributed by atoms with Crippen molar-refractivity contribution in [2.75, 3.05) is 7.11 Å². The van der Waals surface area contributed by atoms with E-state index in [2.05, 4.69) is 10.3 Å². The summed E-state index contributed by atoms with van der Waals surface area (Å²) in [6, 6.07) is 7.39. The average molecular weight is 451 g/mol. The molecule has 1 aromatic carbocycles. The van der Waals surface area contributed by atoms with Gasteiger partial charge < -0.3 is 24.6 Å². The van der Waals surface area contributed by atoms with E-state index in [1.165, 1.54) is 26.3 Å². The summed E-state index contributed by atoms with van der Waals surface area (Å²) in [5, 5.41) is 13.1. The Morgan fingerprint density at radius 1 is 1.16 bits per heavy atom. The fourth-order valence-corrected chi connectivity index (χ4v) is 3.10. The van der Waals surface area contributed by atoms with Crippen molar-refractivity contribution < 1.29 is 28.9 Å². The molecule has 0 fully saturated rings. The van der Waals surface area contributed by atoms with E-state index in [9.17, 15) is 14.7 Å². The number of aromatic hydroxyl groups is 1. The molecule has 0 saturated carbocycles. The second kappa shape index (κ2) is 10.9. The van der Waals surface area contributed by atoms with Gasteiger partial charge in [-0.1, -0.05) is 31.5 Å². The van der Waals surface area contributed by atoms with Crippen LogP contribution in [0.4, 0.5) is 0 Å². The van der Waals surface area contributed by atoms with E-state index in [1.54, 1.807) is 31.2 Å². The molecule has 8 nitrogen and oxygen atoms in total. The van der Waals surface area contributed by atoms with Gasteiger partial charge in [-0.2, -0.15) is 0 Å². The summed E-state index contributed by atoms with van der Waals surface area (Å²) in [6.45, 7) is 7.09. The minimum atomic E-state index is -0.985. The van der Waals surface area contributed by atoms with E-state index in [0.29, 0.717) is 10.8 Å². The third-order valence-electron chi connectivity index (χ3n) is 4.51. The van der Waals surface area contributed by atoms with Gasteiger partial charge in [-0.15, -0.1) is 0 Å². The zero-order chi connectivity index (χ0) is 23.1. The highest BCUT2D eigenvalue weighted by Gasteiger charge is 2.29. The predicted octanol–water partition coefficient (Wildman–Crippen LogP) is 3.60. The van der Waals surface area contributed by atoms with Gasteiger partial charge in [-0.05, 0) is 38.0 Å². The van der Waals surface area contributed by atoms with Crippen molar-refractivity contribution in [3.05, 3.63) is 47.2 Å². The zero-order valence-corrected chi connectivity index (χ0v) is 18.8. The van der Waals surface area contributed by atoms with E-state index in [1.807, 2.05) is 13.8 Å². The summed E-state index contributed by atoms with van der Waals surface area (Å²) in [7, 11) is 1.36. The highest BCUT2D eigenvalue weighted by atomic mass is 35.5. The molecule has 2 rings (SSSR count). The maximum atomic E-state index is 12.5. The standard InChI is InChI=1S/C22H27ClN2O6/c1-12(2)20(31-16-8-6-7-15(23)11-16)14(4)30-22(28)13(3)25-21(27)18-19(26)17(29-5)9-10-24-18/h6-14,20,26H,1-5H3,(H,25,27)/t13-,14-,20+/m0/s1. The second-order valence-corrected chi connectivity index (χ2v) is 7.77. The van der Waals surface area contributed by atoms with Gasteiger partial charge in [-0.3, -0.25) is 4.79 Å². The summed E-state index contributed by atoms with van der Waals surface area (Å²) in [5.41, 5.74) is -0.253. The number of methoxy groups -OCH3 is 1. The van der Waals surface area contributed by atoms with Gasteiger partial charge >= 0.3 is 5.97 Å². The number of aromatic nitrogens is 1. The summed E-state index contributed by atoms with van der Waals surface area (Å²) in [4.78, 5) is 28.8. The molecule has 0 radical (unpaired) electrons. The summed E-state index contributed by atoms with van der Waals surface area (Å²) >= 11 is 6.01. The molecular formula is C22H27ClN2O6. The van der Waals surface area contributed by atoms with Crippen LogP contribution in [0.1, 0.15) is 38.2 Å². The van der Waals surface area contributed by atoms with Crippen molar-refractivity contribution in [1.82, 2.24) is 10.3 Å². The maximum absolute atomic E-state index is 12.5. The molecule has 3 atom stereocenters. The largest absolute Gasteiger partial charge is 0.503 e. The number of pyridine rings is 1. The van der Waals surface area contributed by atoms with Gasteiger partial charge in [0.25, 0.3) is 5.91 Å². The van der Waals surface area contributed by atoms with Gasteiger partial charge in [0.15, 0.2) is 17.2 Å². The Hall–Kier alpha value is -3.00. The van der Waals surface area contributed by atoms with Gasteiger partial charge in [0.2, 0.25) is 0 Å². The second-order valence-electron chi connectivity index (χ2n) is 7.33. The van der Waals surface area contributed by atoms with E-state index in [0.717, 1.165) is 0 Å². The van der Waals surface area contributed by atoms with Crippen molar-refractivity contribution in [2.45, 2.75) is 45.9 Å². The van der Waals surface area contributed by atoms with Crippen molar-refractivity contribution in [2.24, 2.45) is 5.92 Å². The number of nitrogens with one attached hydrogen (secondary N) is 1. The van der Waals surface area contributed by atoms with Crippen LogP contribution in [0.5, 0.6) is 17.2 Å². The maximum Gasteiger partial charge on any atom is 0.328 e. The Morgan fingerprint density at radius 2 is 1.87 bits per heavy atom. The van der Waals surface area contributed by atoms with Crippen LogP contribution < -0.4 is 14.8 Å². The molecule has 0 aliphatic carbocycles. The normalized spacial score (nSPS) is 13.8. The van der Waals surface area contributed by atoms with Crippen LogP contribution in [0.2, 0.25) is 5.02 Å². The number of hydrogen-bond acceptors (Lipinski definition) is 7. The fraction of sp³-hybridized carbons (Fsp3) is 0.409. The number of hydrogen-bond donors (Lipinski definition) is 2. The Morgan fingerprint density at radius 3 is 2.48 bits per heavy atom. The molecule has 2 N–H and O–H groups in total. The third kappa shape index (κ3) is 6.49. The molecule has 1 heterocycles. The Balaban J connectivity index is 2.02. The fourth-order valence-electron chi connectivity index (χ4n) is 2.91. The molecule has 1 aromatic heterocycles. The molecule has 9 heteroatoms. The summed E-state index contributed by atoms with van der Waals surface area (Å²) < 4.78 is 16.5. The van der Waals surface area contributed by atoms with E-state index in [-0.39, 0.29) is 17.4 Å². The van der Waals surface area contributed by atoms with Crippen LogP contribution in [-0.4, -0.2) is 47.3 Å². The number of nitrogens with zero attached hydrogens (tertiary/aromatic N) is 1. The lowest BCUT2D eigenvalue weighted by atomic mass is 10.0. The Kier molecular flexibility index (Phi) is 8.50. The van der Waals surface area contributed by atoms with Crippen LogP contribution in [0, 0.1) is 5.92 Å². The summed E-state index contributed by atoms with van der Waals surface area (Å²) in [5.74, 6) is -1.10. The number of halogens is 1. The third-order valence-corrected chi connectivity index (χ3v) is 4.75. The highest BCUT2D eigenvalue weighted by molar-refractivity contribution is 6.30. The number of esters is 1. The first-order chi connectivity index (χ1) is 14.6. The van der Waals surface area contributed by atoms with Gasteiger partial charge in [0, 0.05) is 17.3 Å². The topological polar surface area (TPSA) is 107 Å². The molecule has 2 aromatic rings. The van der Waals surface area contributed by atoms with Crippen LogP contribution >= 0.6 is 11.6 Å². The van der Waals surface area contributed by atoms with Crippen LogP contribution in [-0.2, 0) is 9.53 Å². The van der Waals surface area contributed by atoms with Gasteiger partial charge in [0.05, 0.1) is 7.11 Å². The molecule has 0 bridgehead atoms. The number of rotatable bonds is 9. The average Bonchev–Trinajstić information content (AvgIpc) is 2.71. The lowest BCUT2D eigenvalue weighted by molar-refractivity contribution is -0.155. The number of carbonyl (C=O) groups is 2. The first-order valence-corrected chi connectivity index (χ1v) is 10.2. The van der Waals surface area contributed by atoms with Crippen LogP contribution in [0.3, 0.4) is 0 Å². The lowest BCUT2D eigenvalue weighted by Crippen LogP contribution is -2.44. The molecule has 0 unspecified atom stereocenters. The van der Waals surface area contributed by atoms with Crippen molar-refractivity contribution in [3.8, 4) is 17.2 Å². The number of ether oxygens (including phenoxy) is 3. The van der Waals surface area contributed by atoms with Gasteiger partial charge in [0.1, 0.15) is 24.0 Å². The monoisotopic (exact) mass is 450 g/mol. The van der Waals surface area contributed by atoms with Crippen molar-refractivity contribution in [1.29, 1.82) is 0 Å². The summed E-state index contributed by atoms with van der Waals surface area (Å²) in [6.07, 6.45) is 0.280. The quantitative estimate of drug-likeness (QED) is 0.562. The smallest absolute Gasteiger partial charge is 0.328 e. The SMILES string of the molecule is COc1ccnc(C(=O)N[C@@H](C)C(=O)O[C@@H](C)[C@H](Oc2cccc(Cl)c2)C(C)C)c1O. The molecule has 168 valence electrons. The van der Waals surface area contributed by atoms with E-state index >= 15 is 0 Å². The first kappa shape index (κ1) is 24.3. The van der Waals surface area contributed by atoms with E-state index in [4.69, 9.17) is 25.8 Å². The minimum Gasteiger partial charge on any atom is -0.503 e. The molecule has 0 spiro atoms. The van der Waals surface area contributed by atoms with Gasteiger partial charge in [-0.25, -0.2) is 9.78 Å². The van der Waals surface area contributed by atoms with Crippen molar-refractivity contribution >= 4 is 23.5 Å². The van der Waals surface area contributed by atoms with Crippen molar-refractivity contribution in [3.63, 3.8) is 0 Å². The molecule has 31 heavy (non-hydrogen) atoms.